The fourth-order valence-electron chi connectivity index (χ4n) is 2.44. The highest BCUT2D eigenvalue weighted by Crippen LogP contribution is 2.46. The molecule has 1 aliphatic carbocycles. The van der Waals surface area contributed by atoms with Gasteiger partial charge in [-0.15, -0.1) is 0 Å². The molecule has 1 amide bonds. The Morgan fingerprint density at radius 1 is 1.26 bits per heavy atom. The van der Waals surface area contributed by atoms with E-state index in [0.717, 1.165) is 31.4 Å². The van der Waals surface area contributed by atoms with Gasteiger partial charge in [-0.2, -0.15) is 13.2 Å². The third kappa shape index (κ3) is 1.95. The van der Waals surface area contributed by atoms with Crippen molar-refractivity contribution in [1.29, 1.82) is 0 Å². The van der Waals surface area contributed by atoms with Crippen molar-refractivity contribution in [3.05, 3.63) is 23.8 Å². The highest BCUT2D eigenvalue weighted by atomic mass is 19.4. The van der Waals surface area contributed by atoms with Crippen molar-refractivity contribution in [3.63, 3.8) is 0 Å². The molecule has 0 atom stereocenters. The van der Waals surface area contributed by atoms with Gasteiger partial charge in [0.2, 0.25) is 5.91 Å². The smallest absolute Gasteiger partial charge is 0.416 e. The van der Waals surface area contributed by atoms with Crippen LogP contribution in [0.5, 0.6) is 5.75 Å². The molecule has 102 valence electrons. The fourth-order valence-corrected chi connectivity index (χ4v) is 2.44. The van der Waals surface area contributed by atoms with Crippen molar-refractivity contribution in [2.24, 2.45) is 5.41 Å². The van der Waals surface area contributed by atoms with Gasteiger partial charge in [0.1, 0.15) is 12.4 Å². The molecule has 1 aliphatic heterocycles. The van der Waals surface area contributed by atoms with Gasteiger partial charge in [-0.05, 0) is 31.0 Å². The Morgan fingerprint density at radius 3 is 2.58 bits per heavy atom. The lowest BCUT2D eigenvalue weighted by molar-refractivity contribution is -0.137. The Bertz CT molecular complexity index is 535. The average molecular weight is 271 g/mol. The first kappa shape index (κ1) is 12.3. The molecule has 0 bridgehead atoms. The monoisotopic (exact) mass is 271 g/mol. The van der Waals surface area contributed by atoms with Crippen LogP contribution in [-0.2, 0) is 11.0 Å². The molecule has 1 heterocycles. The number of anilines is 1. The van der Waals surface area contributed by atoms with E-state index in [1.54, 1.807) is 0 Å². The van der Waals surface area contributed by atoms with Gasteiger partial charge in [-0.3, -0.25) is 4.79 Å². The van der Waals surface area contributed by atoms with E-state index >= 15 is 0 Å². The number of benzene rings is 1. The van der Waals surface area contributed by atoms with E-state index in [1.807, 2.05) is 0 Å². The Balaban J connectivity index is 1.95. The number of rotatable bonds is 0. The third-order valence-electron chi connectivity index (χ3n) is 3.85. The number of carbonyl (C=O) groups excluding carboxylic acids is 1. The van der Waals surface area contributed by atoms with Crippen LogP contribution in [0.2, 0.25) is 0 Å². The summed E-state index contributed by atoms with van der Waals surface area (Å²) in [5.41, 5.74) is -1.25. The van der Waals surface area contributed by atoms with Crippen molar-refractivity contribution >= 4 is 11.6 Å². The number of hydrogen-bond acceptors (Lipinski definition) is 2. The molecule has 0 radical (unpaired) electrons. The molecule has 3 rings (SSSR count). The number of hydrogen-bond donors (Lipinski definition) is 1. The zero-order valence-corrected chi connectivity index (χ0v) is 10.0. The Kier molecular flexibility index (Phi) is 2.52. The molecule has 1 spiro atoms. The van der Waals surface area contributed by atoms with Gasteiger partial charge in [0.25, 0.3) is 0 Å². The molecule has 1 saturated carbocycles. The maximum absolute atomic E-state index is 12.6. The molecule has 2 aliphatic rings. The van der Waals surface area contributed by atoms with Crippen LogP contribution in [0.25, 0.3) is 0 Å². The Hall–Kier alpha value is -1.72. The Morgan fingerprint density at radius 2 is 2.00 bits per heavy atom. The van der Waals surface area contributed by atoms with Gasteiger partial charge >= 0.3 is 6.18 Å². The molecular formula is C13H12F3NO2. The van der Waals surface area contributed by atoms with E-state index in [9.17, 15) is 18.0 Å². The fraction of sp³-hybridized carbons (Fsp3) is 0.462. The van der Waals surface area contributed by atoms with Gasteiger partial charge in [0, 0.05) is 0 Å². The second kappa shape index (κ2) is 3.88. The van der Waals surface area contributed by atoms with Crippen molar-refractivity contribution in [2.75, 3.05) is 11.9 Å². The molecule has 1 fully saturated rings. The van der Waals surface area contributed by atoms with E-state index in [-0.39, 0.29) is 18.2 Å². The summed E-state index contributed by atoms with van der Waals surface area (Å²) in [7, 11) is 0. The van der Waals surface area contributed by atoms with Gasteiger partial charge in [-0.1, -0.05) is 6.42 Å². The molecule has 1 N–H and O–H groups in total. The number of halogens is 3. The lowest BCUT2D eigenvalue weighted by atomic mass is 9.69. The lowest BCUT2D eigenvalue weighted by Crippen LogP contribution is -2.45. The SMILES string of the molecule is O=C1Nc2cc(C(F)(F)F)ccc2OCC12CCC2. The highest BCUT2D eigenvalue weighted by molar-refractivity contribution is 5.98. The van der Waals surface area contributed by atoms with Crippen LogP contribution >= 0.6 is 0 Å². The maximum atomic E-state index is 12.6. The molecule has 1 aromatic rings. The second-order valence-corrected chi connectivity index (χ2v) is 5.09. The van der Waals surface area contributed by atoms with Crippen molar-refractivity contribution < 1.29 is 22.7 Å². The zero-order chi connectivity index (χ0) is 13.7. The van der Waals surface area contributed by atoms with E-state index in [0.29, 0.717) is 5.75 Å². The third-order valence-corrected chi connectivity index (χ3v) is 3.85. The minimum absolute atomic E-state index is 0.101. The minimum Gasteiger partial charge on any atom is -0.490 e. The largest absolute Gasteiger partial charge is 0.490 e. The summed E-state index contributed by atoms with van der Waals surface area (Å²) in [5, 5.41) is 2.56. The van der Waals surface area contributed by atoms with E-state index < -0.39 is 17.2 Å². The minimum atomic E-state index is -4.43. The van der Waals surface area contributed by atoms with Gasteiger partial charge in [0.15, 0.2) is 0 Å². The van der Waals surface area contributed by atoms with Crippen LogP contribution in [0, 0.1) is 5.41 Å². The van der Waals surface area contributed by atoms with Crippen LogP contribution in [0.4, 0.5) is 18.9 Å². The van der Waals surface area contributed by atoms with E-state index in [4.69, 9.17) is 4.74 Å². The molecule has 0 unspecified atom stereocenters. The first-order valence-electron chi connectivity index (χ1n) is 6.06. The van der Waals surface area contributed by atoms with E-state index in [2.05, 4.69) is 5.32 Å². The standard InChI is InChI=1S/C13H12F3NO2/c14-13(15,16)8-2-3-10-9(6-8)17-11(18)12(7-19-10)4-1-5-12/h2-3,6H,1,4-5,7H2,(H,17,18). The summed E-state index contributed by atoms with van der Waals surface area (Å²) in [4.78, 5) is 12.1. The Labute approximate surface area is 107 Å². The molecule has 1 aromatic carbocycles. The number of alkyl halides is 3. The highest BCUT2D eigenvalue weighted by Gasteiger charge is 2.46. The number of fused-ring (bicyclic) bond motifs is 1. The predicted octanol–water partition coefficient (Wildman–Crippen LogP) is 3.21. The van der Waals surface area contributed by atoms with Crippen LogP contribution in [0.3, 0.4) is 0 Å². The summed E-state index contributed by atoms with van der Waals surface area (Å²) in [6.07, 6.45) is -2.04. The first-order valence-corrected chi connectivity index (χ1v) is 6.06. The first-order chi connectivity index (χ1) is 8.91. The van der Waals surface area contributed by atoms with Crippen LogP contribution < -0.4 is 10.1 Å². The molecule has 6 heteroatoms. The number of amides is 1. The quantitative estimate of drug-likeness (QED) is 0.786. The lowest BCUT2D eigenvalue weighted by Gasteiger charge is -2.37. The normalized spacial score (nSPS) is 20.9. The predicted molar refractivity (Wildman–Crippen MR) is 61.9 cm³/mol. The zero-order valence-electron chi connectivity index (χ0n) is 10.0. The summed E-state index contributed by atoms with van der Waals surface area (Å²) in [6, 6.07) is 3.14. The van der Waals surface area contributed by atoms with Crippen LogP contribution in [-0.4, -0.2) is 12.5 Å². The van der Waals surface area contributed by atoms with Crippen molar-refractivity contribution in [2.45, 2.75) is 25.4 Å². The average Bonchev–Trinajstić information content (AvgIpc) is 2.41. The summed E-state index contributed by atoms with van der Waals surface area (Å²) in [5.74, 6) is 0.0574. The molecule has 3 nitrogen and oxygen atoms in total. The van der Waals surface area contributed by atoms with Crippen molar-refractivity contribution in [3.8, 4) is 5.75 Å². The number of carbonyl (C=O) groups is 1. The summed E-state index contributed by atoms with van der Waals surface area (Å²) >= 11 is 0. The van der Waals surface area contributed by atoms with Crippen molar-refractivity contribution in [1.82, 2.24) is 0 Å². The molecule has 19 heavy (non-hydrogen) atoms. The van der Waals surface area contributed by atoms with Crippen LogP contribution in [0.15, 0.2) is 18.2 Å². The number of ether oxygens (including phenoxy) is 1. The molecule has 0 saturated heterocycles. The van der Waals surface area contributed by atoms with Crippen LogP contribution in [0.1, 0.15) is 24.8 Å². The summed E-state index contributed by atoms with van der Waals surface area (Å²) < 4.78 is 43.4. The topological polar surface area (TPSA) is 38.3 Å². The van der Waals surface area contributed by atoms with Gasteiger partial charge in [-0.25, -0.2) is 0 Å². The van der Waals surface area contributed by atoms with E-state index in [1.165, 1.54) is 6.07 Å². The summed E-state index contributed by atoms with van der Waals surface area (Å²) in [6.45, 7) is 0.233. The maximum Gasteiger partial charge on any atom is 0.416 e. The van der Waals surface area contributed by atoms with Gasteiger partial charge in [0.05, 0.1) is 16.7 Å². The molecule has 0 aromatic heterocycles. The van der Waals surface area contributed by atoms with Gasteiger partial charge < -0.3 is 10.1 Å². The second-order valence-electron chi connectivity index (χ2n) is 5.09. The molecular weight excluding hydrogens is 259 g/mol. The number of nitrogens with one attached hydrogen (secondary N) is 1.